The first kappa shape index (κ1) is 14.4. The van der Waals surface area contributed by atoms with Gasteiger partial charge in [-0.15, -0.1) is 0 Å². The molecule has 1 unspecified atom stereocenters. The number of halogens is 1. The minimum atomic E-state index is 0.338. The summed E-state index contributed by atoms with van der Waals surface area (Å²) in [4.78, 5) is 0. The Kier molecular flexibility index (Phi) is 4.17. The van der Waals surface area contributed by atoms with Gasteiger partial charge in [0.1, 0.15) is 0 Å². The zero-order chi connectivity index (χ0) is 14.8. The molecule has 1 atom stereocenters. The van der Waals surface area contributed by atoms with Gasteiger partial charge >= 0.3 is 0 Å². The lowest BCUT2D eigenvalue weighted by Gasteiger charge is -2.19. The van der Waals surface area contributed by atoms with E-state index >= 15 is 0 Å². The van der Waals surface area contributed by atoms with Crippen LogP contribution in [0.1, 0.15) is 29.2 Å². The summed E-state index contributed by atoms with van der Waals surface area (Å²) in [7, 11) is 1.72. The van der Waals surface area contributed by atoms with E-state index in [-0.39, 0.29) is 0 Å². The first-order valence-corrected chi connectivity index (χ1v) is 7.89. The van der Waals surface area contributed by atoms with Crippen molar-refractivity contribution in [3.05, 3.63) is 57.6 Å². The van der Waals surface area contributed by atoms with Crippen molar-refractivity contribution in [1.29, 1.82) is 0 Å². The molecule has 3 N–H and O–H groups in total. The predicted octanol–water partition coefficient (Wildman–Crippen LogP) is 4.28. The SMILES string of the molecule is COCc1c(Br)cccc1NC1CCc2cc(N)ccc21. The third kappa shape index (κ3) is 2.92. The number of fused-ring (bicyclic) bond motifs is 1. The van der Waals surface area contributed by atoms with Crippen LogP contribution in [0.5, 0.6) is 0 Å². The molecule has 1 aliphatic carbocycles. The van der Waals surface area contributed by atoms with Crippen LogP contribution in [0.4, 0.5) is 11.4 Å². The van der Waals surface area contributed by atoms with E-state index in [1.54, 1.807) is 7.11 Å². The topological polar surface area (TPSA) is 47.3 Å². The van der Waals surface area contributed by atoms with Crippen molar-refractivity contribution in [3.8, 4) is 0 Å². The van der Waals surface area contributed by atoms with Gasteiger partial charge in [0.2, 0.25) is 0 Å². The number of nitrogens with two attached hydrogens (primary N) is 1. The number of rotatable bonds is 4. The number of benzene rings is 2. The highest BCUT2D eigenvalue weighted by Crippen LogP contribution is 2.36. The van der Waals surface area contributed by atoms with Crippen LogP contribution in [0.15, 0.2) is 40.9 Å². The number of nitrogen functional groups attached to an aromatic ring is 1. The molecule has 0 bridgehead atoms. The van der Waals surface area contributed by atoms with Gasteiger partial charge in [-0.2, -0.15) is 0 Å². The molecule has 3 rings (SSSR count). The summed E-state index contributed by atoms with van der Waals surface area (Å²) in [6.07, 6.45) is 2.17. The third-order valence-electron chi connectivity index (χ3n) is 3.98. The Balaban J connectivity index is 1.88. The Labute approximate surface area is 133 Å². The van der Waals surface area contributed by atoms with Crippen molar-refractivity contribution >= 4 is 27.3 Å². The minimum absolute atomic E-state index is 0.338. The zero-order valence-electron chi connectivity index (χ0n) is 12.0. The second-order valence-electron chi connectivity index (χ2n) is 5.39. The molecule has 2 aromatic carbocycles. The maximum absolute atomic E-state index is 5.87. The van der Waals surface area contributed by atoms with Gasteiger partial charge in [-0.25, -0.2) is 0 Å². The van der Waals surface area contributed by atoms with Crippen molar-refractivity contribution in [2.75, 3.05) is 18.2 Å². The van der Waals surface area contributed by atoms with E-state index in [0.717, 1.165) is 34.3 Å². The van der Waals surface area contributed by atoms with Crippen LogP contribution in [0, 0.1) is 0 Å². The molecule has 110 valence electrons. The van der Waals surface area contributed by atoms with Crippen LogP contribution in [0.2, 0.25) is 0 Å². The largest absolute Gasteiger partial charge is 0.399 e. The van der Waals surface area contributed by atoms with Gasteiger partial charge in [-0.05, 0) is 48.2 Å². The number of nitrogens with one attached hydrogen (secondary N) is 1. The average molecular weight is 347 g/mol. The molecule has 3 nitrogen and oxygen atoms in total. The van der Waals surface area contributed by atoms with Gasteiger partial charge in [0.15, 0.2) is 0 Å². The average Bonchev–Trinajstić information content (AvgIpc) is 2.85. The number of aryl methyl sites for hydroxylation is 1. The molecule has 0 saturated carbocycles. The maximum Gasteiger partial charge on any atom is 0.0744 e. The van der Waals surface area contributed by atoms with Gasteiger partial charge in [0.25, 0.3) is 0 Å². The molecule has 4 heteroatoms. The van der Waals surface area contributed by atoms with Crippen molar-refractivity contribution in [3.63, 3.8) is 0 Å². The molecule has 0 spiro atoms. The van der Waals surface area contributed by atoms with E-state index in [0.29, 0.717) is 12.6 Å². The minimum Gasteiger partial charge on any atom is -0.399 e. The van der Waals surface area contributed by atoms with Crippen molar-refractivity contribution in [1.82, 2.24) is 0 Å². The fraction of sp³-hybridized carbons (Fsp3) is 0.294. The van der Waals surface area contributed by atoms with E-state index in [4.69, 9.17) is 10.5 Å². The second kappa shape index (κ2) is 6.08. The lowest BCUT2D eigenvalue weighted by atomic mass is 10.1. The smallest absolute Gasteiger partial charge is 0.0744 e. The number of methoxy groups -OCH3 is 1. The van der Waals surface area contributed by atoms with E-state index in [2.05, 4.69) is 39.4 Å². The van der Waals surface area contributed by atoms with Gasteiger partial charge in [-0.1, -0.05) is 28.1 Å². The number of hydrogen-bond donors (Lipinski definition) is 2. The van der Waals surface area contributed by atoms with E-state index in [1.807, 2.05) is 18.2 Å². The Hall–Kier alpha value is -1.52. The summed E-state index contributed by atoms with van der Waals surface area (Å²) in [5.74, 6) is 0. The molecule has 0 amide bonds. The van der Waals surface area contributed by atoms with Crippen LogP contribution in [-0.2, 0) is 17.8 Å². The molecule has 2 aromatic rings. The van der Waals surface area contributed by atoms with Crippen LogP contribution in [-0.4, -0.2) is 7.11 Å². The van der Waals surface area contributed by atoms with Crippen molar-refractivity contribution < 1.29 is 4.74 Å². The standard InChI is InChI=1S/C17H19BrN2O/c1-21-10-14-15(18)3-2-4-16(14)20-17-8-5-11-9-12(19)6-7-13(11)17/h2-4,6-7,9,17,20H,5,8,10,19H2,1H3. The first-order valence-electron chi connectivity index (χ1n) is 7.10. The summed E-state index contributed by atoms with van der Waals surface area (Å²) >= 11 is 3.60. The Morgan fingerprint density at radius 3 is 3.00 bits per heavy atom. The highest BCUT2D eigenvalue weighted by atomic mass is 79.9. The molecule has 1 aliphatic rings. The van der Waals surface area contributed by atoms with Crippen LogP contribution in [0.25, 0.3) is 0 Å². The quantitative estimate of drug-likeness (QED) is 0.812. The highest BCUT2D eigenvalue weighted by molar-refractivity contribution is 9.10. The summed E-state index contributed by atoms with van der Waals surface area (Å²) < 4.78 is 6.39. The van der Waals surface area contributed by atoms with Crippen LogP contribution in [0.3, 0.4) is 0 Å². The zero-order valence-corrected chi connectivity index (χ0v) is 13.6. The molecule has 0 saturated heterocycles. The molecule has 0 aromatic heterocycles. The second-order valence-corrected chi connectivity index (χ2v) is 6.25. The summed E-state index contributed by atoms with van der Waals surface area (Å²) in [5, 5.41) is 3.66. The Morgan fingerprint density at radius 2 is 2.19 bits per heavy atom. The van der Waals surface area contributed by atoms with Crippen LogP contribution < -0.4 is 11.1 Å². The van der Waals surface area contributed by atoms with Crippen molar-refractivity contribution in [2.45, 2.75) is 25.5 Å². The summed E-state index contributed by atoms with van der Waals surface area (Å²) in [5.41, 5.74) is 11.7. The Morgan fingerprint density at radius 1 is 1.33 bits per heavy atom. The fourth-order valence-corrected chi connectivity index (χ4v) is 3.44. The van der Waals surface area contributed by atoms with Gasteiger partial charge in [0, 0.05) is 28.5 Å². The van der Waals surface area contributed by atoms with Crippen LogP contribution >= 0.6 is 15.9 Å². The van der Waals surface area contributed by atoms with E-state index in [9.17, 15) is 0 Å². The lowest BCUT2D eigenvalue weighted by Crippen LogP contribution is -2.09. The Bertz CT molecular complexity index is 657. The third-order valence-corrected chi connectivity index (χ3v) is 4.73. The van der Waals surface area contributed by atoms with E-state index in [1.165, 1.54) is 11.1 Å². The molecular formula is C17H19BrN2O. The molecule has 21 heavy (non-hydrogen) atoms. The molecule has 0 fully saturated rings. The first-order chi connectivity index (χ1) is 10.2. The fourth-order valence-electron chi connectivity index (χ4n) is 2.96. The van der Waals surface area contributed by atoms with Gasteiger partial charge < -0.3 is 15.8 Å². The molecular weight excluding hydrogens is 328 g/mol. The number of ether oxygens (including phenoxy) is 1. The summed E-state index contributed by atoms with van der Waals surface area (Å²) in [6, 6.07) is 12.7. The van der Waals surface area contributed by atoms with E-state index < -0.39 is 0 Å². The predicted molar refractivity (Wildman–Crippen MR) is 90.4 cm³/mol. The highest BCUT2D eigenvalue weighted by Gasteiger charge is 2.23. The molecule has 0 heterocycles. The van der Waals surface area contributed by atoms with Gasteiger partial charge in [-0.3, -0.25) is 0 Å². The maximum atomic E-state index is 5.87. The monoisotopic (exact) mass is 346 g/mol. The normalized spacial score (nSPS) is 16.8. The van der Waals surface area contributed by atoms with Crippen molar-refractivity contribution in [2.24, 2.45) is 0 Å². The molecule has 0 radical (unpaired) electrons. The molecule has 0 aliphatic heterocycles. The van der Waals surface area contributed by atoms with Gasteiger partial charge in [0.05, 0.1) is 12.6 Å². The lowest BCUT2D eigenvalue weighted by molar-refractivity contribution is 0.185. The summed E-state index contributed by atoms with van der Waals surface area (Å²) in [6.45, 7) is 0.588. The number of hydrogen-bond acceptors (Lipinski definition) is 3. The number of anilines is 2.